The number of aromatic nitrogens is 5. The van der Waals surface area contributed by atoms with E-state index in [2.05, 4.69) is 15.0 Å². The molecule has 1 aliphatic rings. The lowest BCUT2D eigenvalue weighted by molar-refractivity contribution is -0.142. The molecule has 0 unspecified atom stereocenters. The molecule has 8 heteroatoms. The number of carbonyl (C=O) groups is 1. The zero-order valence-corrected chi connectivity index (χ0v) is 19.0. The van der Waals surface area contributed by atoms with Crippen molar-refractivity contribution < 1.29 is 9.90 Å². The van der Waals surface area contributed by atoms with Crippen molar-refractivity contribution in [1.29, 1.82) is 0 Å². The first kappa shape index (κ1) is 21.2. The summed E-state index contributed by atoms with van der Waals surface area (Å²) in [6, 6.07) is 15.9. The molecule has 2 aromatic carbocycles. The van der Waals surface area contributed by atoms with Gasteiger partial charge in [-0.1, -0.05) is 42.5 Å². The Morgan fingerprint density at radius 2 is 1.74 bits per heavy atom. The number of hydrogen-bond acceptors (Lipinski definition) is 6. The zero-order chi connectivity index (χ0) is 23.9. The van der Waals surface area contributed by atoms with E-state index in [1.165, 1.54) is 0 Å². The molecular formula is C27H24N6O2. The van der Waals surface area contributed by atoms with Crippen LogP contribution in [-0.2, 0) is 4.79 Å². The Hall–Kier alpha value is -4.33. The fourth-order valence-electron chi connectivity index (χ4n) is 4.99. The molecule has 1 saturated carbocycles. The minimum Gasteiger partial charge on any atom is -0.481 e. The van der Waals surface area contributed by atoms with E-state index in [9.17, 15) is 9.90 Å². The Kier molecular flexibility index (Phi) is 5.13. The molecule has 5 aromatic rings. The van der Waals surface area contributed by atoms with Crippen molar-refractivity contribution in [3.05, 3.63) is 72.9 Å². The molecule has 0 radical (unpaired) electrons. The predicted octanol–water partition coefficient (Wildman–Crippen LogP) is 4.95. The van der Waals surface area contributed by atoms with Crippen molar-refractivity contribution in [3.8, 4) is 22.6 Å². The van der Waals surface area contributed by atoms with E-state index in [1.807, 2.05) is 65.3 Å². The average Bonchev–Trinajstić information content (AvgIpc) is 3.33. The summed E-state index contributed by atoms with van der Waals surface area (Å²) in [6.07, 6.45) is 8.47. The maximum absolute atomic E-state index is 11.3. The summed E-state index contributed by atoms with van der Waals surface area (Å²) in [5, 5.41) is 10.3. The number of anilines is 1. The quantitative estimate of drug-likeness (QED) is 0.386. The Balaban J connectivity index is 1.38. The van der Waals surface area contributed by atoms with Gasteiger partial charge in [-0.3, -0.25) is 9.20 Å². The molecule has 3 N–H and O–H groups in total. The molecule has 0 aliphatic heterocycles. The Morgan fingerprint density at radius 3 is 2.51 bits per heavy atom. The van der Waals surface area contributed by atoms with Crippen molar-refractivity contribution in [2.24, 2.45) is 5.92 Å². The first-order chi connectivity index (χ1) is 17.1. The Bertz CT molecular complexity index is 1550. The molecule has 3 heterocycles. The summed E-state index contributed by atoms with van der Waals surface area (Å²) in [5.41, 5.74) is 10.5. The lowest BCUT2D eigenvalue weighted by Crippen LogP contribution is -2.21. The standard InChI is InChI=1S/C27H24N6O2/c28-24-23-14-30-26(17-6-8-18(9-7-17)27(34)35)33(23)15-22(31-24)19-10-11-20-13-29-25(32-21(20)12-19)16-4-2-1-3-5-16/h1-5,10-15,17-18H,6-9H2,(H2,28,31)(H,34,35). The molecule has 174 valence electrons. The van der Waals surface area contributed by atoms with Gasteiger partial charge in [-0.2, -0.15) is 0 Å². The van der Waals surface area contributed by atoms with Crippen molar-refractivity contribution in [2.45, 2.75) is 31.6 Å². The number of rotatable bonds is 4. The van der Waals surface area contributed by atoms with Gasteiger partial charge in [-0.25, -0.2) is 19.9 Å². The third-order valence-corrected chi connectivity index (χ3v) is 6.93. The molecule has 0 atom stereocenters. The second-order valence-corrected chi connectivity index (χ2v) is 9.10. The van der Waals surface area contributed by atoms with Gasteiger partial charge < -0.3 is 10.8 Å². The molecule has 6 rings (SSSR count). The summed E-state index contributed by atoms with van der Waals surface area (Å²) >= 11 is 0. The van der Waals surface area contributed by atoms with E-state index < -0.39 is 5.97 Å². The minimum absolute atomic E-state index is 0.195. The molecule has 8 nitrogen and oxygen atoms in total. The summed E-state index contributed by atoms with van der Waals surface area (Å²) in [4.78, 5) is 29.9. The van der Waals surface area contributed by atoms with Crippen LogP contribution in [0.2, 0.25) is 0 Å². The molecule has 0 saturated heterocycles. The molecular weight excluding hydrogens is 440 g/mol. The number of benzene rings is 2. The zero-order valence-electron chi connectivity index (χ0n) is 19.0. The van der Waals surface area contributed by atoms with E-state index in [0.29, 0.717) is 24.5 Å². The highest BCUT2D eigenvalue weighted by atomic mass is 16.4. The number of carboxylic acids is 1. The number of nitrogens with zero attached hydrogens (tertiary/aromatic N) is 5. The van der Waals surface area contributed by atoms with Crippen LogP contribution in [0.4, 0.5) is 5.82 Å². The van der Waals surface area contributed by atoms with Crippen LogP contribution in [-0.4, -0.2) is 35.4 Å². The topological polar surface area (TPSA) is 119 Å². The lowest BCUT2D eigenvalue weighted by atomic mass is 9.81. The van der Waals surface area contributed by atoms with Crippen LogP contribution in [0.25, 0.3) is 39.1 Å². The van der Waals surface area contributed by atoms with Crippen molar-refractivity contribution >= 4 is 28.2 Å². The van der Waals surface area contributed by atoms with Gasteiger partial charge in [0.2, 0.25) is 0 Å². The second kappa shape index (κ2) is 8.47. The van der Waals surface area contributed by atoms with E-state index >= 15 is 0 Å². The molecule has 0 spiro atoms. The van der Waals surface area contributed by atoms with Crippen LogP contribution >= 0.6 is 0 Å². The number of nitrogen functional groups attached to an aromatic ring is 1. The van der Waals surface area contributed by atoms with Gasteiger partial charge in [0, 0.05) is 34.8 Å². The summed E-state index contributed by atoms with van der Waals surface area (Å²) < 4.78 is 2.02. The first-order valence-electron chi connectivity index (χ1n) is 11.8. The van der Waals surface area contributed by atoms with Crippen LogP contribution in [0, 0.1) is 5.92 Å². The molecule has 35 heavy (non-hydrogen) atoms. The number of nitrogens with two attached hydrogens (primary N) is 1. The number of hydrogen-bond donors (Lipinski definition) is 2. The van der Waals surface area contributed by atoms with E-state index in [1.54, 1.807) is 6.20 Å². The normalized spacial score (nSPS) is 18.2. The van der Waals surface area contributed by atoms with E-state index in [4.69, 9.17) is 10.7 Å². The highest BCUT2D eigenvalue weighted by Gasteiger charge is 2.29. The van der Waals surface area contributed by atoms with Crippen molar-refractivity contribution in [1.82, 2.24) is 24.3 Å². The van der Waals surface area contributed by atoms with Crippen molar-refractivity contribution in [2.75, 3.05) is 5.73 Å². The maximum Gasteiger partial charge on any atom is 0.306 e. The summed E-state index contributed by atoms with van der Waals surface area (Å²) in [5.74, 6) is 1.22. The smallest absolute Gasteiger partial charge is 0.306 e. The van der Waals surface area contributed by atoms with Crippen LogP contribution in [0.3, 0.4) is 0 Å². The van der Waals surface area contributed by atoms with Crippen molar-refractivity contribution in [3.63, 3.8) is 0 Å². The van der Waals surface area contributed by atoms with Gasteiger partial charge in [0.1, 0.15) is 17.2 Å². The fraction of sp³-hybridized carbons (Fsp3) is 0.222. The Morgan fingerprint density at radius 1 is 0.943 bits per heavy atom. The van der Waals surface area contributed by atoms with Crippen LogP contribution in [0.1, 0.15) is 37.4 Å². The van der Waals surface area contributed by atoms with Crippen LogP contribution in [0.15, 0.2) is 67.1 Å². The van der Waals surface area contributed by atoms with Gasteiger partial charge in [0.25, 0.3) is 0 Å². The fourth-order valence-corrected chi connectivity index (χ4v) is 4.99. The second-order valence-electron chi connectivity index (χ2n) is 9.10. The highest BCUT2D eigenvalue weighted by Crippen LogP contribution is 2.36. The SMILES string of the molecule is Nc1nc(-c2ccc3cnc(-c4ccccc4)nc3c2)cn2c(C3CCC(C(=O)O)CC3)ncc12. The van der Waals surface area contributed by atoms with Gasteiger partial charge >= 0.3 is 5.97 Å². The number of aliphatic carboxylic acids is 1. The number of fused-ring (bicyclic) bond motifs is 2. The van der Waals surface area contributed by atoms with Gasteiger partial charge in [0.15, 0.2) is 5.82 Å². The molecule has 3 aromatic heterocycles. The number of imidazole rings is 1. The van der Waals surface area contributed by atoms with Crippen LogP contribution < -0.4 is 5.73 Å². The van der Waals surface area contributed by atoms with E-state index in [-0.39, 0.29) is 11.8 Å². The minimum atomic E-state index is -0.706. The summed E-state index contributed by atoms with van der Waals surface area (Å²) in [7, 11) is 0. The van der Waals surface area contributed by atoms with E-state index in [0.717, 1.165) is 51.9 Å². The lowest BCUT2D eigenvalue weighted by Gasteiger charge is -2.25. The molecule has 0 bridgehead atoms. The molecule has 1 aliphatic carbocycles. The molecule has 0 amide bonds. The first-order valence-corrected chi connectivity index (χ1v) is 11.8. The third kappa shape index (κ3) is 3.86. The van der Waals surface area contributed by atoms with Gasteiger partial charge in [-0.15, -0.1) is 0 Å². The monoisotopic (exact) mass is 464 g/mol. The predicted molar refractivity (Wildman–Crippen MR) is 134 cm³/mol. The number of carboxylic acid groups (broad SMARTS) is 1. The highest BCUT2D eigenvalue weighted by molar-refractivity contribution is 5.85. The largest absolute Gasteiger partial charge is 0.481 e. The average molecular weight is 465 g/mol. The van der Waals surface area contributed by atoms with Gasteiger partial charge in [0.05, 0.1) is 23.3 Å². The maximum atomic E-state index is 11.3. The third-order valence-electron chi connectivity index (χ3n) is 6.93. The van der Waals surface area contributed by atoms with Gasteiger partial charge in [-0.05, 0) is 31.7 Å². The molecule has 1 fully saturated rings. The van der Waals surface area contributed by atoms with Crippen LogP contribution in [0.5, 0.6) is 0 Å². The summed E-state index contributed by atoms with van der Waals surface area (Å²) in [6.45, 7) is 0. The Labute approximate surface area is 201 Å².